The standard InChI is InChI=1S/C17H15BrFN3O2/c18-9-7-8(1-2-10(9)19)13-14-11(3-5-20-16(14)23)22-12-4-6-21-17(24)15(12)13/h1-2,7,13,22H,3-6H2,(H,20,23)(H,21,24). The van der Waals surface area contributed by atoms with Gasteiger partial charge in [-0.2, -0.15) is 0 Å². The summed E-state index contributed by atoms with van der Waals surface area (Å²) in [6.45, 7) is 1.14. The summed E-state index contributed by atoms with van der Waals surface area (Å²) in [7, 11) is 0. The first-order valence-electron chi connectivity index (χ1n) is 7.80. The molecule has 0 aromatic heterocycles. The summed E-state index contributed by atoms with van der Waals surface area (Å²) in [6.07, 6.45) is 1.39. The fourth-order valence-corrected chi connectivity index (χ4v) is 3.95. The molecule has 1 aromatic carbocycles. The van der Waals surface area contributed by atoms with Crippen molar-refractivity contribution in [2.45, 2.75) is 18.8 Å². The maximum atomic E-state index is 13.6. The molecule has 3 aliphatic heterocycles. The number of hydrogen-bond donors (Lipinski definition) is 3. The summed E-state index contributed by atoms with van der Waals surface area (Å²) >= 11 is 3.20. The summed E-state index contributed by atoms with van der Waals surface area (Å²) in [6, 6.07) is 4.63. The van der Waals surface area contributed by atoms with Crippen LogP contribution in [0.3, 0.4) is 0 Å². The largest absolute Gasteiger partial charge is 0.361 e. The maximum Gasteiger partial charge on any atom is 0.249 e. The van der Waals surface area contributed by atoms with E-state index in [4.69, 9.17) is 0 Å². The lowest BCUT2D eigenvalue weighted by molar-refractivity contribution is -0.118. The van der Waals surface area contributed by atoms with E-state index >= 15 is 0 Å². The molecule has 5 nitrogen and oxygen atoms in total. The first kappa shape index (κ1) is 15.4. The van der Waals surface area contributed by atoms with Crippen LogP contribution in [0.4, 0.5) is 4.39 Å². The molecular formula is C17H15BrFN3O2. The van der Waals surface area contributed by atoms with Gasteiger partial charge in [0.1, 0.15) is 5.82 Å². The van der Waals surface area contributed by atoms with Gasteiger partial charge in [-0.3, -0.25) is 9.59 Å². The second kappa shape index (κ2) is 5.73. The molecule has 0 fully saturated rings. The normalized spacial score (nSPS) is 20.9. The molecule has 0 saturated carbocycles. The van der Waals surface area contributed by atoms with E-state index in [1.54, 1.807) is 12.1 Å². The van der Waals surface area contributed by atoms with Crippen molar-refractivity contribution in [3.8, 4) is 0 Å². The van der Waals surface area contributed by atoms with Gasteiger partial charge >= 0.3 is 0 Å². The third kappa shape index (κ3) is 2.34. The van der Waals surface area contributed by atoms with Crippen molar-refractivity contribution in [3.05, 3.63) is 56.6 Å². The lowest BCUT2D eigenvalue weighted by Gasteiger charge is -2.37. The Labute approximate surface area is 146 Å². The number of carbonyl (C=O) groups is 2. The summed E-state index contributed by atoms with van der Waals surface area (Å²) in [5.74, 6) is -1.23. The number of amides is 2. The topological polar surface area (TPSA) is 70.2 Å². The maximum absolute atomic E-state index is 13.6. The molecule has 0 unspecified atom stereocenters. The molecule has 0 atom stereocenters. The summed E-state index contributed by atoms with van der Waals surface area (Å²) < 4.78 is 14.0. The van der Waals surface area contributed by atoms with E-state index in [-0.39, 0.29) is 17.6 Å². The van der Waals surface area contributed by atoms with Crippen LogP contribution in [0, 0.1) is 5.82 Å². The average Bonchev–Trinajstić information content (AvgIpc) is 2.56. The smallest absolute Gasteiger partial charge is 0.249 e. The minimum absolute atomic E-state index is 0.181. The molecule has 4 rings (SSSR count). The Morgan fingerprint density at radius 1 is 1.00 bits per heavy atom. The number of nitrogens with one attached hydrogen (secondary N) is 3. The highest BCUT2D eigenvalue weighted by atomic mass is 79.9. The molecule has 1 aromatic rings. The third-order valence-electron chi connectivity index (χ3n) is 4.62. The van der Waals surface area contributed by atoms with E-state index in [2.05, 4.69) is 31.9 Å². The lowest BCUT2D eigenvalue weighted by Crippen LogP contribution is -2.46. The molecule has 7 heteroatoms. The van der Waals surface area contributed by atoms with Gasteiger partial charge in [-0.1, -0.05) is 6.07 Å². The minimum Gasteiger partial charge on any atom is -0.361 e. The van der Waals surface area contributed by atoms with Crippen LogP contribution in [0.2, 0.25) is 0 Å². The van der Waals surface area contributed by atoms with Gasteiger partial charge in [-0.15, -0.1) is 0 Å². The van der Waals surface area contributed by atoms with Crippen molar-refractivity contribution in [1.29, 1.82) is 0 Å². The first-order chi connectivity index (χ1) is 11.6. The molecule has 0 saturated heterocycles. The molecule has 3 N–H and O–H groups in total. The number of carbonyl (C=O) groups excluding carboxylic acids is 2. The number of rotatable bonds is 1. The van der Waals surface area contributed by atoms with Crippen LogP contribution < -0.4 is 16.0 Å². The van der Waals surface area contributed by atoms with Gasteiger partial charge in [0, 0.05) is 54.4 Å². The molecule has 0 bridgehead atoms. The van der Waals surface area contributed by atoms with Crippen LogP contribution in [0.5, 0.6) is 0 Å². The Balaban J connectivity index is 1.92. The van der Waals surface area contributed by atoms with Gasteiger partial charge in [0.05, 0.1) is 4.47 Å². The van der Waals surface area contributed by atoms with Crippen molar-refractivity contribution in [2.75, 3.05) is 13.1 Å². The summed E-state index contributed by atoms with van der Waals surface area (Å²) in [5, 5.41) is 8.98. The minimum atomic E-state index is -0.492. The molecule has 24 heavy (non-hydrogen) atoms. The highest BCUT2D eigenvalue weighted by Gasteiger charge is 2.40. The van der Waals surface area contributed by atoms with E-state index in [9.17, 15) is 14.0 Å². The van der Waals surface area contributed by atoms with E-state index < -0.39 is 5.92 Å². The summed E-state index contributed by atoms with van der Waals surface area (Å²) in [4.78, 5) is 25.0. The number of hydrogen-bond acceptors (Lipinski definition) is 3. The number of benzene rings is 1. The molecule has 0 spiro atoms. The molecule has 0 radical (unpaired) electrons. The van der Waals surface area contributed by atoms with Gasteiger partial charge in [0.25, 0.3) is 0 Å². The molecule has 124 valence electrons. The van der Waals surface area contributed by atoms with E-state index in [0.717, 1.165) is 17.0 Å². The third-order valence-corrected chi connectivity index (χ3v) is 5.22. The lowest BCUT2D eigenvalue weighted by atomic mass is 9.77. The zero-order chi connectivity index (χ0) is 16.8. The Kier molecular flexibility index (Phi) is 3.68. The van der Waals surface area contributed by atoms with Gasteiger partial charge in [-0.05, 0) is 33.6 Å². The highest BCUT2D eigenvalue weighted by molar-refractivity contribution is 9.10. The fraction of sp³-hybridized carbons (Fsp3) is 0.294. The molecule has 2 amide bonds. The zero-order valence-electron chi connectivity index (χ0n) is 12.7. The fourth-order valence-electron chi connectivity index (χ4n) is 3.56. The van der Waals surface area contributed by atoms with Crippen molar-refractivity contribution >= 4 is 27.7 Å². The van der Waals surface area contributed by atoms with Crippen LogP contribution in [0.1, 0.15) is 24.3 Å². The Morgan fingerprint density at radius 3 is 2.12 bits per heavy atom. The van der Waals surface area contributed by atoms with E-state index in [1.807, 2.05) is 0 Å². The highest BCUT2D eigenvalue weighted by Crippen LogP contribution is 2.42. The zero-order valence-corrected chi connectivity index (χ0v) is 14.3. The number of halogens is 2. The molecule has 0 aliphatic carbocycles. The predicted octanol–water partition coefficient (Wildman–Crippen LogP) is 1.82. The molecule has 3 aliphatic rings. The SMILES string of the molecule is O=C1NCCC2=C1C(c1ccc(F)c(Br)c1)C1=C(CCNC1=O)N2. The van der Waals surface area contributed by atoms with Crippen molar-refractivity contribution in [3.63, 3.8) is 0 Å². The van der Waals surface area contributed by atoms with Gasteiger partial charge < -0.3 is 16.0 Å². The Morgan fingerprint density at radius 2 is 1.58 bits per heavy atom. The summed E-state index contributed by atoms with van der Waals surface area (Å²) in [5.41, 5.74) is 3.54. The van der Waals surface area contributed by atoms with Crippen LogP contribution in [-0.4, -0.2) is 24.9 Å². The van der Waals surface area contributed by atoms with E-state index in [1.165, 1.54) is 6.07 Å². The quantitative estimate of drug-likeness (QED) is 0.683. The molecule has 3 heterocycles. The van der Waals surface area contributed by atoms with Crippen molar-refractivity contribution in [2.24, 2.45) is 0 Å². The average molecular weight is 392 g/mol. The monoisotopic (exact) mass is 391 g/mol. The van der Waals surface area contributed by atoms with Crippen LogP contribution in [0.15, 0.2) is 45.2 Å². The van der Waals surface area contributed by atoms with E-state index in [0.29, 0.717) is 41.6 Å². The van der Waals surface area contributed by atoms with Crippen molar-refractivity contribution < 1.29 is 14.0 Å². The first-order valence-corrected chi connectivity index (χ1v) is 8.60. The predicted molar refractivity (Wildman–Crippen MR) is 89.3 cm³/mol. The van der Waals surface area contributed by atoms with Crippen LogP contribution >= 0.6 is 15.9 Å². The van der Waals surface area contributed by atoms with Gasteiger partial charge in [-0.25, -0.2) is 4.39 Å². The van der Waals surface area contributed by atoms with Crippen LogP contribution in [-0.2, 0) is 9.59 Å². The van der Waals surface area contributed by atoms with Gasteiger partial charge in [0.15, 0.2) is 0 Å². The Bertz CT molecular complexity index is 789. The second-order valence-corrected chi connectivity index (χ2v) is 6.88. The Hall–Kier alpha value is -2.15. The number of dihydropyridines is 1. The van der Waals surface area contributed by atoms with Crippen molar-refractivity contribution in [1.82, 2.24) is 16.0 Å². The second-order valence-electron chi connectivity index (χ2n) is 6.03. The molecular weight excluding hydrogens is 377 g/mol. The van der Waals surface area contributed by atoms with Crippen LogP contribution in [0.25, 0.3) is 0 Å². The van der Waals surface area contributed by atoms with Gasteiger partial charge in [0.2, 0.25) is 11.8 Å².